The van der Waals surface area contributed by atoms with Gasteiger partial charge in [-0.05, 0) is 5.92 Å². The van der Waals surface area contributed by atoms with Crippen LogP contribution in [0.15, 0.2) is 10.9 Å². The lowest BCUT2D eigenvalue weighted by Crippen LogP contribution is -1.64. The number of nitrogens with zero attached hydrogens (tertiary/aromatic N) is 1. The lowest BCUT2D eigenvalue weighted by molar-refractivity contribution is 1.38. The number of hydrogen-bond acceptors (Lipinski definition) is 2. The van der Waals surface area contributed by atoms with Crippen LogP contribution in [-0.4, -0.2) is 4.98 Å². The molecule has 0 spiro atoms. The minimum Gasteiger partial charge on any atom is -0.236 e. The van der Waals surface area contributed by atoms with Crippen molar-refractivity contribution in [3.8, 4) is 12.3 Å². The first-order valence-corrected chi connectivity index (χ1v) is 3.72. The van der Waals surface area contributed by atoms with E-state index >= 15 is 0 Å². The molecular formula is C7H9NS. The average Bonchev–Trinajstić information content (AvgIpc) is 2.43. The molecule has 0 aliphatic heterocycles. The monoisotopic (exact) mass is 139 g/mol. The smallest absolute Gasteiger partial charge is 0.123 e. The zero-order chi connectivity index (χ0) is 7.11. The van der Waals surface area contributed by atoms with Crippen molar-refractivity contribution < 1.29 is 0 Å². The van der Waals surface area contributed by atoms with Gasteiger partial charge in [0.25, 0.3) is 0 Å². The Labute approximate surface area is 59.8 Å². The zero-order valence-corrected chi connectivity index (χ0v) is 6.40. The third-order valence-electron chi connectivity index (χ3n) is 0.580. The van der Waals surface area contributed by atoms with Crippen LogP contribution in [-0.2, 0) is 0 Å². The van der Waals surface area contributed by atoms with Gasteiger partial charge < -0.3 is 0 Å². The highest BCUT2D eigenvalue weighted by Gasteiger charge is 1.80. The van der Waals surface area contributed by atoms with Crippen LogP contribution in [0.4, 0.5) is 0 Å². The number of aromatic nitrogens is 1. The Morgan fingerprint density at radius 2 is 2.33 bits per heavy atom. The van der Waals surface area contributed by atoms with Crippen molar-refractivity contribution in [2.75, 3.05) is 0 Å². The maximum Gasteiger partial charge on any atom is 0.123 e. The van der Waals surface area contributed by atoms with Gasteiger partial charge in [0.15, 0.2) is 0 Å². The predicted octanol–water partition coefficient (Wildman–Crippen LogP) is 2.15. The fraction of sp³-hybridized carbons (Fsp3) is 0.286. The minimum absolute atomic E-state index is 0.727. The molecule has 0 atom stereocenters. The molecule has 9 heavy (non-hydrogen) atoms. The van der Waals surface area contributed by atoms with E-state index in [4.69, 9.17) is 6.42 Å². The Balaban J connectivity index is 0.000000291. The highest BCUT2D eigenvalue weighted by Crippen LogP contribution is 1.96. The van der Waals surface area contributed by atoms with Crippen LogP contribution in [0.3, 0.4) is 0 Å². The summed E-state index contributed by atoms with van der Waals surface area (Å²) in [5.41, 5.74) is 2.44. The summed E-state index contributed by atoms with van der Waals surface area (Å²) < 4.78 is 0. The van der Waals surface area contributed by atoms with E-state index in [9.17, 15) is 0 Å². The summed E-state index contributed by atoms with van der Waals surface area (Å²) in [5, 5.41) is 1.83. The molecule has 2 heteroatoms. The minimum atomic E-state index is 0.727. The van der Waals surface area contributed by atoms with Gasteiger partial charge in [0.2, 0.25) is 0 Å². The molecule has 0 amide bonds. The lowest BCUT2D eigenvalue weighted by atomic mass is 10.5. The highest BCUT2D eigenvalue weighted by atomic mass is 32.1. The van der Waals surface area contributed by atoms with Gasteiger partial charge in [0, 0.05) is 5.38 Å². The number of terminal acetylenes is 1. The molecule has 0 N–H and O–H groups in total. The molecule has 1 rings (SSSR count). The summed E-state index contributed by atoms with van der Waals surface area (Å²) in [6.45, 7) is 4.00. The second kappa shape index (κ2) is 5.33. The number of thiazole rings is 1. The van der Waals surface area contributed by atoms with Crippen molar-refractivity contribution in [3.63, 3.8) is 0 Å². The quantitative estimate of drug-likeness (QED) is 0.502. The summed E-state index contributed by atoms with van der Waals surface area (Å²) in [7, 11) is 0. The Morgan fingerprint density at radius 1 is 1.67 bits per heavy atom. The topological polar surface area (TPSA) is 12.9 Å². The van der Waals surface area contributed by atoms with Crippen LogP contribution >= 0.6 is 11.3 Å². The van der Waals surface area contributed by atoms with Crippen LogP contribution < -0.4 is 0 Å². The first-order chi connectivity index (χ1) is 4.43. The molecule has 1 heterocycles. The average molecular weight is 139 g/mol. The van der Waals surface area contributed by atoms with E-state index < -0.39 is 0 Å². The van der Waals surface area contributed by atoms with E-state index in [1.54, 1.807) is 5.51 Å². The van der Waals surface area contributed by atoms with Crippen molar-refractivity contribution in [2.45, 2.75) is 13.8 Å². The lowest BCUT2D eigenvalue weighted by Gasteiger charge is -1.65. The Bertz CT molecular complexity index is 171. The molecule has 0 aliphatic rings. The van der Waals surface area contributed by atoms with Crippen molar-refractivity contribution in [3.05, 3.63) is 16.6 Å². The van der Waals surface area contributed by atoms with E-state index in [0.29, 0.717) is 0 Å². The summed E-state index contributed by atoms with van der Waals surface area (Å²) in [6, 6.07) is 0. The largest absolute Gasteiger partial charge is 0.236 e. The van der Waals surface area contributed by atoms with Gasteiger partial charge in [-0.2, -0.15) is 0 Å². The molecular weight excluding hydrogens is 130 g/mol. The van der Waals surface area contributed by atoms with Crippen LogP contribution in [0.2, 0.25) is 0 Å². The molecule has 0 saturated carbocycles. The Hall–Kier alpha value is -0.810. The fourth-order valence-corrected chi connectivity index (χ4v) is 0.777. The standard InChI is InChI=1S/C5H3NS.C2H6/c1-2-5-3-7-4-6-5;1-2/h1,3-4H;1-2H3. The van der Waals surface area contributed by atoms with Gasteiger partial charge in [-0.3, -0.25) is 0 Å². The third-order valence-corrected chi connectivity index (χ3v) is 1.17. The second-order valence-corrected chi connectivity index (χ2v) is 1.74. The van der Waals surface area contributed by atoms with Crippen LogP contribution in [0.25, 0.3) is 0 Å². The molecule has 0 aromatic carbocycles. The Morgan fingerprint density at radius 3 is 2.56 bits per heavy atom. The van der Waals surface area contributed by atoms with Crippen molar-refractivity contribution in [1.29, 1.82) is 0 Å². The van der Waals surface area contributed by atoms with Gasteiger partial charge in [-0.1, -0.05) is 13.8 Å². The number of hydrogen-bond donors (Lipinski definition) is 0. The van der Waals surface area contributed by atoms with E-state index in [0.717, 1.165) is 5.69 Å². The van der Waals surface area contributed by atoms with E-state index in [-0.39, 0.29) is 0 Å². The number of rotatable bonds is 0. The second-order valence-electron chi connectivity index (χ2n) is 1.02. The van der Waals surface area contributed by atoms with Crippen molar-refractivity contribution >= 4 is 11.3 Å². The summed E-state index contributed by atoms with van der Waals surface area (Å²) in [6.07, 6.45) is 4.99. The molecule has 1 aromatic heterocycles. The molecule has 0 fully saturated rings. The van der Waals surface area contributed by atoms with E-state index in [2.05, 4.69) is 10.9 Å². The SMILES string of the molecule is C#Cc1cscn1.CC. The van der Waals surface area contributed by atoms with Crippen LogP contribution in [0.5, 0.6) is 0 Å². The van der Waals surface area contributed by atoms with E-state index in [1.165, 1.54) is 11.3 Å². The van der Waals surface area contributed by atoms with Crippen LogP contribution in [0.1, 0.15) is 19.5 Å². The van der Waals surface area contributed by atoms with E-state index in [1.807, 2.05) is 19.2 Å². The summed E-state index contributed by atoms with van der Waals surface area (Å²) >= 11 is 1.51. The maximum absolute atomic E-state index is 4.99. The molecule has 1 nitrogen and oxygen atoms in total. The Kier molecular flexibility index (Phi) is 4.85. The normalized spacial score (nSPS) is 6.78. The molecule has 0 saturated heterocycles. The third kappa shape index (κ3) is 2.89. The maximum atomic E-state index is 4.99. The zero-order valence-electron chi connectivity index (χ0n) is 5.59. The molecule has 1 aromatic rings. The molecule has 0 unspecified atom stereocenters. The van der Waals surface area contributed by atoms with Crippen molar-refractivity contribution in [2.24, 2.45) is 0 Å². The van der Waals surface area contributed by atoms with Gasteiger partial charge >= 0.3 is 0 Å². The highest BCUT2D eigenvalue weighted by molar-refractivity contribution is 7.07. The summed E-state index contributed by atoms with van der Waals surface area (Å²) in [4.78, 5) is 3.82. The fourth-order valence-electron chi connectivity index (χ4n) is 0.284. The molecule has 0 bridgehead atoms. The van der Waals surface area contributed by atoms with Crippen molar-refractivity contribution in [1.82, 2.24) is 4.98 Å². The predicted molar refractivity (Wildman–Crippen MR) is 41.4 cm³/mol. The van der Waals surface area contributed by atoms with Gasteiger partial charge in [-0.25, -0.2) is 4.98 Å². The summed E-state index contributed by atoms with van der Waals surface area (Å²) in [5.74, 6) is 2.41. The van der Waals surface area contributed by atoms with Gasteiger partial charge in [0.05, 0.1) is 5.51 Å². The molecule has 48 valence electrons. The molecule has 0 radical (unpaired) electrons. The van der Waals surface area contributed by atoms with Gasteiger partial charge in [-0.15, -0.1) is 17.8 Å². The first-order valence-electron chi connectivity index (χ1n) is 2.78. The molecule has 0 aliphatic carbocycles. The van der Waals surface area contributed by atoms with Crippen LogP contribution in [0, 0.1) is 12.3 Å². The first kappa shape index (κ1) is 8.19. The van der Waals surface area contributed by atoms with Gasteiger partial charge in [0.1, 0.15) is 5.69 Å².